The quantitative estimate of drug-likeness (QED) is 0.392. The molecule has 0 radical (unpaired) electrons. The summed E-state index contributed by atoms with van der Waals surface area (Å²) in [6, 6.07) is 0. The summed E-state index contributed by atoms with van der Waals surface area (Å²) >= 11 is 0. The van der Waals surface area contributed by atoms with Gasteiger partial charge in [-0.15, -0.1) is 0 Å². The predicted octanol–water partition coefficient (Wildman–Crippen LogP) is -3.55. The average molecular weight is 217 g/mol. The zero-order valence-corrected chi connectivity index (χ0v) is 11.1. The van der Waals surface area contributed by atoms with Gasteiger partial charge in [-0.05, 0) is 13.8 Å². The normalized spacial score (nSPS) is 11.7. The Bertz CT molecular complexity index is 272. The van der Waals surface area contributed by atoms with Crippen molar-refractivity contribution in [2.75, 3.05) is 5.75 Å². The Labute approximate surface area is 100 Å². The molecule has 72 valence electrons. The van der Waals surface area contributed by atoms with E-state index in [2.05, 4.69) is 5.32 Å². The fourth-order valence-electron chi connectivity index (χ4n) is 0.955. The van der Waals surface area contributed by atoms with Crippen molar-refractivity contribution < 1.29 is 47.3 Å². The molecule has 0 aromatic carbocycles. The van der Waals surface area contributed by atoms with Crippen LogP contribution < -0.4 is 34.9 Å². The van der Waals surface area contributed by atoms with Crippen LogP contribution in [0.4, 0.5) is 0 Å². The predicted molar refractivity (Wildman–Crippen MR) is 42.5 cm³/mol. The van der Waals surface area contributed by atoms with Gasteiger partial charge in [-0.25, -0.2) is 8.42 Å². The van der Waals surface area contributed by atoms with Gasteiger partial charge in [-0.1, -0.05) is 0 Å². The van der Waals surface area contributed by atoms with Crippen molar-refractivity contribution in [1.82, 2.24) is 5.32 Å². The maximum Gasteiger partial charge on any atom is 1.00 e. The molecule has 7 heteroatoms. The van der Waals surface area contributed by atoms with Gasteiger partial charge >= 0.3 is 29.6 Å². The Hall–Kier alpha value is 0.380. The van der Waals surface area contributed by atoms with Crippen molar-refractivity contribution in [3.63, 3.8) is 0 Å². The van der Waals surface area contributed by atoms with Crippen molar-refractivity contribution >= 4 is 16.0 Å². The second-order valence-electron chi connectivity index (χ2n) is 3.27. The SMILES string of the molecule is CC(=O)NC(C)(C)CS(=O)(=O)[O-].[Na+]. The van der Waals surface area contributed by atoms with Crippen molar-refractivity contribution in [1.29, 1.82) is 0 Å². The molecule has 0 spiro atoms. The summed E-state index contributed by atoms with van der Waals surface area (Å²) in [7, 11) is -4.29. The van der Waals surface area contributed by atoms with Gasteiger partial charge in [-0.3, -0.25) is 4.79 Å². The van der Waals surface area contributed by atoms with E-state index in [1.54, 1.807) is 0 Å². The van der Waals surface area contributed by atoms with Crippen molar-refractivity contribution in [3.05, 3.63) is 0 Å². The molecular weight excluding hydrogens is 205 g/mol. The smallest absolute Gasteiger partial charge is 0.748 e. The Morgan fingerprint density at radius 2 is 1.85 bits per heavy atom. The summed E-state index contributed by atoms with van der Waals surface area (Å²) < 4.78 is 31.0. The van der Waals surface area contributed by atoms with Crippen molar-refractivity contribution in [2.45, 2.75) is 26.3 Å². The number of carbonyl (C=O) groups is 1. The molecule has 0 atom stereocenters. The van der Waals surface area contributed by atoms with E-state index in [9.17, 15) is 17.8 Å². The summed E-state index contributed by atoms with van der Waals surface area (Å²) in [5.74, 6) is -0.955. The van der Waals surface area contributed by atoms with E-state index in [4.69, 9.17) is 0 Å². The fraction of sp³-hybridized carbons (Fsp3) is 0.833. The van der Waals surface area contributed by atoms with Gasteiger partial charge in [0.25, 0.3) is 0 Å². The van der Waals surface area contributed by atoms with E-state index in [1.165, 1.54) is 20.8 Å². The van der Waals surface area contributed by atoms with Crippen LogP contribution in [0.2, 0.25) is 0 Å². The van der Waals surface area contributed by atoms with E-state index in [-0.39, 0.29) is 35.5 Å². The molecule has 5 nitrogen and oxygen atoms in total. The molecule has 0 fully saturated rings. The molecule has 0 aliphatic rings. The van der Waals surface area contributed by atoms with Crippen LogP contribution in [0.25, 0.3) is 0 Å². The summed E-state index contributed by atoms with van der Waals surface area (Å²) in [6.07, 6.45) is 0. The molecule has 0 aromatic heterocycles. The van der Waals surface area contributed by atoms with Crippen molar-refractivity contribution in [2.24, 2.45) is 0 Å². The van der Waals surface area contributed by atoms with E-state index in [0.29, 0.717) is 0 Å². The summed E-state index contributed by atoms with van der Waals surface area (Å²) in [6.45, 7) is 4.22. The second-order valence-corrected chi connectivity index (χ2v) is 4.67. The molecule has 0 unspecified atom stereocenters. The minimum atomic E-state index is -4.29. The zero-order chi connectivity index (χ0) is 9.99. The van der Waals surface area contributed by atoms with E-state index in [1.807, 2.05) is 0 Å². The van der Waals surface area contributed by atoms with E-state index >= 15 is 0 Å². The van der Waals surface area contributed by atoms with Crippen LogP contribution in [0.3, 0.4) is 0 Å². The summed E-state index contributed by atoms with van der Waals surface area (Å²) in [5.41, 5.74) is -0.994. The van der Waals surface area contributed by atoms with E-state index < -0.39 is 21.4 Å². The van der Waals surface area contributed by atoms with Gasteiger partial charge in [0.1, 0.15) is 0 Å². The third kappa shape index (κ3) is 10.3. The number of rotatable bonds is 3. The molecule has 0 saturated carbocycles. The zero-order valence-electron chi connectivity index (χ0n) is 8.25. The first-order valence-electron chi connectivity index (χ1n) is 3.35. The van der Waals surface area contributed by atoms with Crippen molar-refractivity contribution in [3.8, 4) is 0 Å². The molecule has 0 aliphatic carbocycles. The molecule has 0 aliphatic heterocycles. The number of amides is 1. The number of hydrogen-bond donors (Lipinski definition) is 1. The van der Waals surface area contributed by atoms with Crippen LogP contribution in [-0.2, 0) is 14.9 Å². The molecule has 0 rings (SSSR count). The van der Waals surface area contributed by atoms with Crippen LogP contribution in [0.5, 0.6) is 0 Å². The monoisotopic (exact) mass is 217 g/mol. The first kappa shape index (κ1) is 15.8. The number of hydrogen-bond acceptors (Lipinski definition) is 4. The Balaban J connectivity index is 0. The summed E-state index contributed by atoms with van der Waals surface area (Å²) in [4.78, 5) is 10.5. The molecule has 13 heavy (non-hydrogen) atoms. The second kappa shape index (κ2) is 5.31. The molecule has 0 aromatic rings. The van der Waals surface area contributed by atoms with Crippen LogP contribution in [-0.4, -0.2) is 30.2 Å². The standard InChI is InChI=1S/C6H13NO4S.Na/c1-5(8)7-6(2,3)4-12(9,10)11;/h4H2,1-3H3,(H,7,8)(H,9,10,11);/q;+1/p-1. The first-order valence-corrected chi connectivity index (χ1v) is 4.92. The van der Waals surface area contributed by atoms with Crippen LogP contribution in [0.1, 0.15) is 20.8 Å². The van der Waals surface area contributed by atoms with Gasteiger partial charge in [0.15, 0.2) is 0 Å². The maximum absolute atomic E-state index is 10.5. The third-order valence-corrected chi connectivity index (χ3v) is 2.13. The minimum Gasteiger partial charge on any atom is -0.748 e. The van der Waals surface area contributed by atoms with Gasteiger partial charge < -0.3 is 9.87 Å². The molecule has 0 heterocycles. The van der Waals surface area contributed by atoms with Gasteiger partial charge in [0.2, 0.25) is 5.91 Å². The van der Waals surface area contributed by atoms with Gasteiger partial charge in [0, 0.05) is 12.5 Å². The molecule has 0 bridgehead atoms. The Morgan fingerprint density at radius 1 is 1.46 bits per heavy atom. The largest absolute Gasteiger partial charge is 1.00 e. The van der Waals surface area contributed by atoms with Crippen LogP contribution >= 0.6 is 0 Å². The molecule has 1 N–H and O–H groups in total. The van der Waals surface area contributed by atoms with Gasteiger partial charge in [0.05, 0.1) is 15.9 Å². The third-order valence-electron chi connectivity index (χ3n) is 1.05. The average Bonchev–Trinajstić information content (AvgIpc) is 1.48. The number of carbonyl (C=O) groups excluding carboxylic acids is 1. The Morgan fingerprint density at radius 3 is 2.08 bits per heavy atom. The van der Waals surface area contributed by atoms with Crippen LogP contribution in [0, 0.1) is 0 Å². The topological polar surface area (TPSA) is 86.3 Å². The van der Waals surface area contributed by atoms with E-state index in [0.717, 1.165) is 0 Å². The first-order chi connectivity index (χ1) is 5.12. The fourth-order valence-corrected chi connectivity index (χ4v) is 1.91. The number of nitrogens with one attached hydrogen (secondary N) is 1. The van der Waals surface area contributed by atoms with Gasteiger partial charge in [-0.2, -0.15) is 0 Å². The Kier molecular flexibility index (Phi) is 6.47. The molecule has 1 amide bonds. The maximum atomic E-state index is 10.5. The molecule has 0 saturated heterocycles. The molecular formula is C6H12NNaO4S. The minimum absolute atomic E-state index is 0. The summed E-state index contributed by atoms with van der Waals surface area (Å²) in [5, 5.41) is 2.36. The van der Waals surface area contributed by atoms with Crippen LogP contribution in [0.15, 0.2) is 0 Å².